The minimum atomic E-state index is -0.227. The van der Waals surface area contributed by atoms with Crippen LogP contribution < -0.4 is 10.1 Å². The van der Waals surface area contributed by atoms with Gasteiger partial charge in [0, 0.05) is 29.9 Å². The molecule has 1 saturated carbocycles. The van der Waals surface area contributed by atoms with E-state index in [4.69, 9.17) is 4.74 Å². The lowest BCUT2D eigenvalue weighted by Gasteiger charge is -2.08. The average molecular weight is 272 g/mol. The summed E-state index contributed by atoms with van der Waals surface area (Å²) < 4.78 is 19.3. The summed E-state index contributed by atoms with van der Waals surface area (Å²) in [5.74, 6) is 0.400. The van der Waals surface area contributed by atoms with Crippen LogP contribution in [0.5, 0.6) is 5.75 Å². The highest BCUT2D eigenvalue weighted by molar-refractivity contribution is 5.64. The second-order valence-electron chi connectivity index (χ2n) is 5.08. The fraction of sp³-hybridized carbons (Fsp3) is 0.312. The normalized spacial score (nSPS) is 14.3. The van der Waals surface area contributed by atoms with Crippen LogP contribution in [0.3, 0.4) is 0 Å². The Bertz CT molecular complexity index is 611. The summed E-state index contributed by atoms with van der Waals surface area (Å²) in [5, 5.41) is 3.38. The van der Waals surface area contributed by atoms with Crippen molar-refractivity contribution < 1.29 is 9.13 Å². The van der Waals surface area contributed by atoms with Crippen LogP contribution in [0, 0.1) is 5.82 Å². The number of halogens is 1. The molecule has 1 fully saturated rings. The first-order valence-corrected chi connectivity index (χ1v) is 6.77. The van der Waals surface area contributed by atoms with Crippen molar-refractivity contribution in [2.45, 2.75) is 25.4 Å². The van der Waals surface area contributed by atoms with E-state index in [0.29, 0.717) is 17.4 Å². The van der Waals surface area contributed by atoms with Crippen molar-refractivity contribution in [3.05, 3.63) is 48.0 Å². The van der Waals surface area contributed by atoms with Crippen molar-refractivity contribution in [2.24, 2.45) is 0 Å². The number of hydrogen-bond donors (Lipinski definition) is 1. The van der Waals surface area contributed by atoms with Crippen molar-refractivity contribution in [1.82, 2.24) is 10.3 Å². The van der Waals surface area contributed by atoms with Gasteiger partial charge in [-0.1, -0.05) is 12.1 Å². The van der Waals surface area contributed by atoms with Crippen molar-refractivity contribution in [3.63, 3.8) is 0 Å². The molecule has 0 saturated heterocycles. The predicted molar refractivity (Wildman–Crippen MR) is 76.0 cm³/mol. The van der Waals surface area contributed by atoms with Crippen molar-refractivity contribution in [2.75, 3.05) is 7.11 Å². The smallest absolute Gasteiger partial charge is 0.137 e. The van der Waals surface area contributed by atoms with Crippen molar-refractivity contribution in [3.8, 4) is 16.9 Å². The molecule has 0 aliphatic heterocycles. The second-order valence-corrected chi connectivity index (χ2v) is 5.08. The van der Waals surface area contributed by atoms with Gasteiger partial charge in [0.2, 0.25) is 0 Å². The van der Waals surface area contributed by atoms with Gasteiger partial charge in [-0.2, -0.15) is 0 Å². The number of methoxy groups -OCH3 is 1. The molecule has 2 aromatic rings. The Morgan fingerprint density at radius 2 is 2.15 bits per heavy atom. The van der Waals surface area contributed by atoms with E-state index in [1.54, 1.807) is 37.7 Å². The molecule has 1 heterocycles. The summed E-state index contributed by atoms with van der Waals surface area (Å²) in [6.07, 6.45) is 5.71. The zero-order valence-electron chi connectivity index (χ0n) is 11.4. The van der Waals surface area contributed by atoms with E-state index in [2.05, 4.69) is 10.3 Å². The Labute approximate surface area is 117 Å². The molecule has 3 nitrogen and oxygen atoms in total. The first-order valence-electron chi connectivity index (χ1n) is 6.77. The molecule has 4 heteroatoms. The van der Waals surface area contributed by atoms with Gasteiger partial charge in [-0.25, -0.2) is 4.39 Å². The zero-order chi connectivity index (χ0) is 13.9. The van der Waals surface area contributed by atoms with Gasteiger partial charge in [-0.15, -0.1) is 0 Å². The third kappa shape index (κ3) is 2.96. The van der Waals surface area contributed by atoms with Crippen LogP contribution in [-0.2, 0) is 6.54 Å². The molecule has 104 valence electrons. The van der Waals surface area contributed by atoms with Gasteiger partial charge >= 0.3 is 0 Å². The summed E-state index contributed by atoms with van der Waals surface area (Å²) in [4.78, 5) is 4.06. The molecule has 1 aromatic carbocycles. The Kier molecular flexibility index (Phi) is 3.65. The first kappa shape index (κ1) is 13.1. The largest absolute Gasteiger partial charge is 0.495 e. The van der Waals surface area contributed by atoms with Crippen LogP contribution in [0.1, 0.15) is 18.4 Å². The Balaban J connectivity index is 1.81. The van der Waals surface area contributed by atoms with Crippen molar-refractivity contribution >= 4 is 0 Å². The number of nitrogens with zero attached hydrogens (tertiary/aromatic N) is 1. The molecule has 0 amide bonds. The number of rotatable bonds is 5. The van der Waals surface area contributed by atoms with E-state index in [1.807, 2.05) is 6.07 Å². The Morgan fingerprint density at radius 1 is 1.30 bits per heavy atom. The fourth-order valence-corrected chi connectivity index (χ4v) is 2.13. The number of hydrogen-bond acceptors (Lipinski definition) is 3. The lowest BCUT2D eigenvalue weighted by atomic mass is 10.0. The Hall–Kier alpha value is -1.94. The molecule has 1 aliphatic carbocycles. The first-order chi connectivity index (χ1) is 9.76. The van der Waals surface area contributed by atoms with E-state index < -0.39 is 0 Å². The van der Waals surface area contributed by atoms with E-state index in [9.17, 15) is 4.39 Å². The molecule has 0 unspecified atom stereocenters. The van der Waals surface area contributed by atoms with Crippen LogP contribution >= 0.6 is 0 Å². The summed E-state index contributed by atoms with van der Waals surface area (Å²) in [6, 6.07) is 7.75. The maximum atomic E-state index is 14.2. The van der Waals surface area contributed by atoms with Crippen LogP contribution in [-0.4, -0.2) is 18.1 Å². The zero-order valence-corrected chi connectivity index (χ0v) is 11.4. The van der Waals surface area contributed by atoms with E-state index >= 15 is 0 Å². The molecule has 1 N–H and O–H groups in total. The van der Waals surface area contributed by atoms with Crippen molar-refractivity contribution in [1.29, 1.82) is 0 Å². The molecule has 1 aromatic heterocycles. The Morgan fingerprint density at radius 3 is 2.85 bits per heavy atom. The van der Waals surface area contributed by atoms with Crippen LogP contribution in [0.2, 0.25) is 0 Å². The summed E-state index contributed by atoms with van der Waals surface area (Å²) in [5.41, 5.74) is 2.24. The highest BCUT2D eigenvalue weighted by Crippen LogP contribution is 2.26. The molecule has 0 spiro atoms. The third-order valence-corrected chi connectivity index (χ3v) is 3.47. The maximum absolute atomic E-state index is 14.2. The number of nitrogens with one attached hydrogen (secondary N) is 1. The predicted octanol–water partition coefficient (Wildman–Crippen LogP) is 3.15. The molecule has 0 bridgehead atoms. The molecule has 0 atom stereocenters. The lowest BCUT2D eigenvalue weighted by molar-refractivity contribution is 0.413. The maximum Gasteiger partial charge on any atom is 0.137 e. The topological polar surface area (TPSA) is 34.1 Å². The molecular formula is C16H17FN2O. The number of aromatic nitrogens is 1. The fourth-order valence-electron chi connectivity index (χ4n) is 2.13. The van der Waals surface area contributed by atoms with Gasteiger partial charge in [-0.3, -0.25) is 4.98 Å². The van der Waals surface area contributed by atoms with Gasteiger partial charge in [0.05, 0.1) is 13.3 Å². The second kappa shape index (κ2) is 5.59. The van der Waals surface area contributed by atoms with Crippen LogP contribution in [0.15, 0.2) is 36.7 Å². The number of ether oxygens (including phenoxy) is 1. The van der Waals surface area contributed by atoms with E-state index in [-0.39, 0.29) is 5.82 Å². The quantitative estimate of drug-likeness (QED) is 0.908. The monoisotopic (exact) mass is 272 g/mol. The number of benzene rings is 1. The standard InChI is InChI=1S/C16H17FN2O/c1-20-14-7-12(9-18-10-14)15-5-2-11(6-16(15)17)8-19-13-3-4-13/h2,5-7,9-10,13,19H,3-4,8H2,1H3. The third-order valence-electron chi connectivity index (χ3n) is 3.47. The van der Waals surface area contributed by atoms with Gasteiger partial charge in [0.25, 0.3) is 0 Å². The summed E-state index contributed by atoms with van der Waals surface area (Å²) >= 11 is 0. The van der Waals surface area contributed by atoms with Gasteiger partial charge in [0.1, 0.15) is 11.6 Å². The van der Waals surface area contributed by atoms with Gasteiger partial charge in [-0.05, 0) is 30.5 Å². The van der Waals surface area contributed by atoms with E-state index in [0.717, 1.165) is 17.7 Å². The summed E-state index contributed by atoms with van der Waals surface area (Å²) in [6.45, 7) is 0.720. The van der Waals surface area contributed by atoms with Gasteiger partial charge in [0.15, 0.2) is 0 Å². The molecule has 0 radical (unpaired) electrons. The minimum Gasteiger partial charge on any atom is -0.495 e. The van der Waals surface area contributed by atoms with Crippen LogP contribution in [0.4, 0.5) is 4.39 Å². The van der Waals surface area contributed by atoms with Gasteiger partial charge < -0.3 is 10.1 Å². The minimum absolute atomic E-state index is 0.227. The van der Waals surface area contributed by atoms with E-state index in [1.165, 1.54) is 12.8 Å². The molecule has 20 heavy (non-hydrogen) atoms. The lowest BCUT2D eigenvalue weighted by Crippen LogP contribution is -2.15. The molecule has 3 rings (SSSR count). The van der Waals surface area contributed by atoms with Crippen LogP contribution in [0.25, 0.3) is 11.1 Å². The summed E-state index contributed by atoms with van der Waals surface area (Å²) in [7, 11) is 1.57. The molecule has 1 aliphatic rings. The average Bonchev–Trinajstić information content (AvgIpc) is 3.29. The highest BCUT2D eigenvalue weighted by atomic mass is 19.1. The molecular weight excluding hydrogens is 255 g/mol. The highest BCUT2D eigenvalue weighted by Gasteiger charge is 2.20. The number of pyridine rings is 1. The SMILES string of the molecule is COc1cncc(-c2ccc(CNC3CC3)cc2F)c1.